The molecule has 1 aromatic rings. The molecule has 0 heterocycles. The summed E-state index contributed by atoms with van der Waals surface area (Å²) in [5, 5.41) is 3.47. The van der Waals surface area contributed by atoms with Crippen molar-refractivity contribution < 1.29 is 4.74 Å². The summed E-state index contributed by atoms with van der Waals surface area (Å²) in [6.45, 7) is 7.35. The molecule has 0 radical (unpaired) electrons. The van der Waals surface area contributed by atoms with Gasteiger partial charge in [0.1, 0.15) is 5.75 Å². The Morgan fingerprint density at radius 1 is 1.33 bits per heavy atom. The highest BCUT2D eigenvalue weighted by Crippen LogP contribution is 2.36. The molecule has 1 aliphatic carbocycles. The van der Waals surface area contributed by atoms with Gasteiger partial charge in [0.25, 0.3) is 0 Å². The Hall–Kier alpha value is -1.38. The Morgan fingerprint density at radius 3 is 2.67 bits per heavy atom. The minimum absolute atomic E-state index is 0.146. The Labute approximate surface area is 110 Å². The fourth-order valence-corrected chi connectivity index (χ4v) is 2.11. The van der Waals surface area contributed by atoms with Crippen LogP contribution >= 0.6 is 0 Å². The third kappa shape index (κ3) is 3.56. The monoisotopic (exact) mass is 248 g/mol. The van der Waals surface area contributed by atoms with E-state index >= 15 is 0 Å². The first-order valence-electron chi connectivity index (χ1n) is 6.86. The van der Waals surface area contributed by atoms with Crippen LogP contribution in [0, 0.1) is 11.8 Å². The van der Waals surface area contributed by atoms with Crippen LogP contribution in [0.25, 0.3) is 0 Å². The number of hydrogen-bond donors (Lipinski definition) is 2. The molecule has 0 aliphatic heterocycles. The van der Waals surface area contributed by atoms with Gasteiger partial charge in [-0.05, 0) is 50.7 Å². The lowest BCUT2D eigenvalue weighted by molar-refractivity contribution is 0.244. The Balaban J connectivity index is 1.95. The van der Waals surface area contributed by atoms with Gasteiger partial charge in [0.2, 0.25) is 0 Å². The quantitative estimate of drug-likeness (QED) is 0.757. The highest BCUT2D eigenvalue weighted by Gasteiger charge is 2.27. The molecular weight excluding hydrogens is 224 g/mol. The van der Waals surface area contributed by atoms with Gasteiger partial charge in [0.05, 0.1) is 11.8 Å². The molecule has 18 heavy (non-hydrogen) atoms. The summed E-state index contributed by atoms with van der Waals surface area (Å²) in [6.07, 6.45) is 2.94. The first-order valence-corrected chi connectivity index (χ1v) is 6.86. The van der Waals surface area contributed by atoms with Gasteiger partial charge >= 0.3 is 0 Å². The molecule has 3 N–H and O–H groups in total. The van der Waals surface area contributed by atoms with Crippen LogP contribution in [0.1, 0.15) is 33.6 Å². The lowest BCUT2D eigenvalue weighted by Crippen LogP contribution is -2.13. The molecule has 0 saturated heterocycles. The van der Waals surface area contributed by atoms with Crippen molar-refractivity contribution in [1.82, 2.24) is 0 Å². The lowest BCUT2D eigenvalue weighted by atomic mass is 10.1. The lowest BCUT2D eigenvalue weighted by Gasteiger charge is -2.16. The Bertz CT molecular complexity index is 399. The summed E-state index contributed by atoms with van der Waals surface area (Å²) in [5.41, 5.74) is 7.69. The predicted octanol–water partition coefficient (Wildman–Crippen LogP) is 3.51. The van der Waals surface area contributed by atoms with Crippen LogP contribution < -0.4 is 15.8 Å². The Morgan fingerprint density at radius 2 is 2.06 bits per heavy atom. The van der Waals surface area contributed by atoms with Crippen molar-refractivity contribution in [3.8, 4) is 5.75 Å². The van der Waals surface area contributed by atoms with Crippen molar-refractivity contribution in [3.05, 3.63) is 18.2 Å². The number of ether oxygens (including phenoxy) is 1. The molecule has 3 heteroatoms. The summed E-state index contributed by atoms with van der Waals surface area (Å²) >= 11 is 0. The van der Waals surface area contributed by atoms with E-state index < -0.39 is 0 Å². The summed E-state index contributed by atoms with van der Waals surface area (Å²) < 4.78 is 5.69. The molecule has 1 fully saturated rings. The molecule has 1 aromatic carbocycles. The van der Waals surface area contributed by atoms with Gasteiger partial charge in [-0.1, -0.05) is 6.92 Å². The fraction of sp³-hybridized carbons (Fsp3) is 0.600. The van der Waals surface area contributed by atoms with Crippen LogP contribution in [0.4, 0.5) is 11.4 Å². The van der Waals surface area contributed by atoms with Gasteiger partial charge in [-0.3, -0.25) is 0 Å². The standard InChI is InChI=1S/C15H24N2O/c1-10(2)18-15-8-13(6-7-14(15)16)17-9-11(3)12-4-5-12/h6-8,10-12,17H,4-5,9,16H2,1-3H3. The molecule has 2 rings (SSSR count). The second kappa shape index (κ2) is 5.51. The first-order chi connectivity index (χ1) is 8.56. The van der Waals surface area contributed by atoms with Gasteiger partial charge in [0, 0.05) is 18.3 Å². The SMILES string of the molecule is CC(C)Oc1cc(NCC(C)C2CC2)ccc1N. The molecule has 0 aromatic heterocycles. The van der Waals surface area contributed by atoms with Gasteiger partial charge in [-0.2, -0.15) is 0 Å². The second-order valence-electron chi connectivity index (χ2n) is 5.61. The number of anilines is 2. The van der Waals surface area contributed by atoms with Crippen LogP contribution in [0.2, 0.25) is 0 Å². The predicted molar refractivity (Wildman–Crippen MR) is 77.0 cm³/mol. The number of nitrogens with one attached hydrogen (secondary N) is 1. The van der Waals surface area contributed by atoms with Crippen LogP contribution in [0.5, 0.6) is 5.75 Å². The largest absolute Gasteiger partial charge is 0.489 e. The summed E-state index contributed by atoms with van der Waals surface area (Å²) in [7, 11) is 0. The van der Waals surface area contributed by atoms with E-state index in [-0.39, 0.29) is 6.10 Å². The van der Waals surface area contributed by atoms with Crippen LogP contribution in [0.15, 0.2) is 18.2 Å². The van der Waals surface area contributed by atoms with Crippen molar-refractivity contribution in [1.29, 1.82) is 0 Å². The maximum Gasteiger partial charge on any atom is 0.144 e. The van der Waals surface area contributed by atoms with E-state index in [9.17, 15) is 0 Å². The van der Waals surface area contributed by atoms with Gasteiger partial charge in [-0.25, -0.2) is 0 Å². The topological polar surface area (TPSA) is 47.3 Å². The summed E-state index contributed by atoms with van der Waals surface area (Å²) in [4.78, 5) is 0. The van der Waals surface area contributed by atoms with Crippen LogP contribution in [-0.4, -0.2) is 12.6 Å². The number of nitrogens with two attached hydrogens (primary N) is 1. The molecule has 1 saturated carbocycles. The molecule has 0 spiro atoms. The van der Waals surface area contributed by atoms with Crippen molar-refractivity contribution in [2.75, 3.05) is 17.6 Å². The molecule has 100 valence electrons. The van der Waals surface area contributed by atoms with Gasteiger partial charge < -0.3 is 15.8 Å². The fourth-order valence-electron chi connectivity index (χ4n) is 2.11. The number of nitrogen functional groups attached to an aromatic ring is 1. The van der Waals surface area contributed by atoms with E-state index in [1.165, 1.54) is 12.8 Å². The van der Waals surface area contributed by atoms with Gasteiger partial charge in [-0.15, -0.1) is 0 Å². The van der Waals surface area contributed by atoms with E-state index in [0.29, 0.717) is 5.69 Å². The molecule has 3 nitrogen and oxygen atoms in total. The number of rotatable bonds is 6. The third-order valence-corrected chi connectivity index (χ3v) is 3.43. The molecule has 0 amide bonds. The highest BCUT2D eigenvalue weighted by molar-refractivity contribution is 5.61. The zero-order valence-electron chi connectivity index (χ0n) is 11.6. The van der Waals surface area contributed by atoms with Crippen molar-refractivity contribution in [2.45, 2.75) is 39.7 Å². The zero-order chi connectivity index (χ0) is 13.1. The van der Waals surface area contributed by atoms with Crippen molar-refractivity contribution in [2.24, 2.45) is 11.8 Å². The summed E-state index contributed by atoms with van der Waals surface area (Å²) in [6, 6.07) is 5.92. The van der Waals surface area contributed by atoms with E-state index in [2.05, 4.69) is 12.2 Å². The normalized spacial score (nSPS) is 16.7. The van der Waals surface area contributed by atoms with Crippen LogP contribution in [0.3, 0.4) is 0 Å². The zero-order valence-corrected chi connectivity index (χ0v) is 11.6. The maximum atomic E-state index is 5.90. The Kier molecular flexibility index (Phi) is 4.00. The average molecular weight is 248 g/mol. The molecule has 1 aliphatic rings. The molecule has 1 atom stereocenters. The van der Waals surface area contributed by atoms with Crippen molar-refractivity contribution >= 4 is 11.4 Å². The highest BCUT2D eigenvalue weighted by atomic mass is 16.5. The van der Waals surface area contributed by atoms with Gasteiger partial charge in [0.15, 0.2) is 0 Å². The van der Waals surface area contributed by atoms with E-state index in [0.717, 1.165) is 29.8 Å². The summed E-state index contributed by atoms with van der Waals surface area (Å²) in [5.74, 6) is 2.45. The number of hydrogen-bond acceptors (Lipinski definition) is 3. The smallest absolute Gasteiger partial charge is 0.144 e. The maximum absolute atomic E-state index is 5.90. The number of benzene rings is 1. The molecule has 1 unspecified atom stereocenters. The first kappa shape index (κ1) is 13.1. The van der Waals surface area contributed by atoms with E-state index in [1.807, 2.05) is 32.0 Å². The molecular formula is C15H24N2O. The second-order valence-corrected chi connectivity index (χ2v) is 5.61. The molecule has 0 bridgehead atoms. The average Bonchev–Trinajstić information content (AvgIpc) is 3.13. The van der Waals surface area contributed by atoms with E-state index in [4.69, 9.17) is 10.5 Å². The van der Waals surface area contributed by atoms with Crippen molar-refractivity contribution in [3.63, 3.8) is 0 Å². The minimum Gasteiger partial charge on any atom is -0.489 e. The minimum atomic E-state index is 0.146. The third-order valence-electron chi connectivity index (χ3n) is 3.43. The van der Waals surface area contributed by atoms with Crippen LogP contribution in [-0.2, 0) is 0 Å². The van der Waals surface area contributed by atoms with E-state index in [1.54, 1.807) is 0 Å².